The van der Waals surface area contributed by atoms with Crippen molar-refractivity contribution in [3.63, 3.8) is 0 Å². The lowest BCUT2D eigenvalue weighted by atomic mass is 9.77. The lowest BCUT2D eigenvalue weighted by molar-refractivity contribution is 0.0696. The molecule has 4 rings (SSSR count). The van der Waals surface area contributed by atoms with Gasteiger partial charge in [-0.05, 0) is 67.6 Å². The molecule has 1 N–H and O–H groups in total. The number of piperazine rings is 1. The first-order valence-corrected chi connectivity index (χ1v) is 11.0. The summed E-state index contributed by atoms with van der Waals surface area (Å²) in [6, 6.07) is 15.0. The second-order valence-electron chi connectivity index (χ2n) is 9.46. The van der Waals surface area contributed by atoms with Gasteiger partial charge < -0.3 is 14.9 Å². The molecule has 0 amide bonds. The topological polar surface area (TPSA) is 47.0 Å². The summed E-state index contributed by atoms with van der Waals surface area (Å²) in [7, 11) is 0. The molecule has 0 unspecified atom stereocenters. The summed E-state index contributed by atoms with van der Waals surface area (Å²) in [5.41, 5.74) is 5.01. The van der Waals surface area contributed by atoms with Crippen LogP contribution in [0.15, 0.2) is 42.5 Å². The van der Waals surface area contributed by atoms with E-state index >= 15 is 0 Å². The second-order valence-corrected chi connectivity index (χ2v) is 9.46. The van der Waals surface area contributed by atoms with E-state index in [4.69, 9.17) is 0 Å². The zero-order valence-electron chi connectivity index (χ0n) is 18.6. The van der Waals surface area contributed by atoms with Crippen LogP contribution in [0.5, 0.6) is 0 Å². The van der Waals surface area contributed by atoms with Gasteiger partial charge in [0.2, 0.25) is 0 Å². The Morgan fingerprint density at radius 3 is 2.33 bits per heavy atom. The third-order valence-corrected chi connectivity index (χ3v) is 6.77. The van der Waals surface area contributed by atoms with Crippen LogP contribution in [0, 0.1) is 0 Å². The van der Waals surface area contributed by atoms with Gasteiger partial charge in [-0.25, -0.2) is 4.79 Å². The Morgan fingerprint density at radius 1 is 0.967 bits per heavy atom. The van der Waals surface area contributed by atoms with Crippen molar-refractivity contribution in [1.29, 1.82) is 0 Å². The van der Waals surface area contributed by atoms with E-state index in [1.807, 2.05) is 12.1 Å². The van der Waals surface area contributed by atoms with Crippen molar-refractivity contribution in [2.75, 3.05) is 42.5 Å². The van der Waals surface area contributed by atoms with Crippen molar-refractivity contribution < 1.29 is 9.90 Å². The number of rotatable bonds is 4. The van der Waals surface area contributed by atoms with E-state index in [2.05, 4.69) is 66.7 Å². The molecule has 0 aromatic heterocycles. The summed E-state index contributed by atoms with van der Waals surface area (Å²) in [5, 5.41) is 9.45. The molecular weight excluding hydrogens is 374 g/mol. The molecule has 5 nitrogen and oxygen atoms in total. The minimum Gasteiger partial charge on any atom is -0.478 e. The van der Waals surface area contributed by atoms with Crippen molar-refractivity contribution in [3.8, 4) is 0 Å². The van der Waals surface area contributed by atoms with Gasteiger partial charge in [0.25, 0.3) is 0 Å². The van der Waals surface area contributed by atoms with Crippen LogP contribution in [-0.4, -0.2) is 54.7 Å². The predicted octanol–water partition coefficient (Wildman–Crippen LogP) is 4.73. The summed E-state index contributed by atoms with van der Waals surface area (Å²) < 4.78 is 0. The average molecular weight is 408 g/mol. The molecule has 0 bridgehead atoms. The Hall–Kier alpha value is -2.53. The van der Waals surface area contributed by atoms with E-state index in [0.717, 1.165) is 50.4 Å². The van der Waals surface area contributed by atoms with E-state index in [9.17, 15) is 9.90 Å². The number of hydrogen-bond donors (Lipinski definition) is 1. The molecule has 160 valence electrons. The van der Waals surface area contributed by atoms with Gasteiger partial charge in [-0.2, -0.15) is 0 Å². The highest BCUT2D eigenvalue weighted by Crippen LogP contribution is 2.43. The van der Waals surface area contributed by atoms with Crippen LogP contribution in [0.4, 0.5) is 17.1 Å². The first-order valence-electron chi connectivity index (χ1n) is 11.0. The van der Waals surface area contributed by atoms with Crippen molar-refractivity contribution >= 4 is 23.0 Å². The van der Waals surface area contributed by atoms with Gasteiger partial charge >= 0.3 is 5.97 Å². The minimum atomic E-state index is -0.867. The zero-order chi connectivity index (χ0) is 21.5. The SMILES string of the molecule is CC(C)N1CCN(c2cccc(N3CCC(C)(C)c4cc(C(=O)O)ccc43)c2)CC1. The number of benzene rings is 2. The molecule has 2 heterocycles. The standard InChI is InChI=1S/C25H33N3O2/c1-18(2)26-12-14-27(15-13-26)20-6-5-7-21(17-20)28-11-10-25(3,4)22-16-19(24(29)30)8-9-23(22)28/h5-9,16-18H,10-15H2,1-4H3,(H,29,30). The fraction of sp³-hybridized carbons (Fsp3) is 0.480. The largest absolute Gasteiger partial charge is 0.478 e. The Kier molecular flexibility index (Phi) is 5.49. The average Bonchev–Trinajstić information content (AvgIpc) is 2.73. The maximum atomic E-state index is 11.5. The number of nitrogens with zero attached hydrogens (tertiary/aromatic N) is 3. The molecule has 5 heteroatoms. The Balaban J connectivity index is 1.63. The lowest BCUT2D eigenvalue weighted by Gasteiger charge is -2.41. The van der Waals surface area contributed by atoms with Crippen LogP contribution in [-0.2, 0) is 5.41 Å². The quantitative estimate of drug-likeness (QED) is 0.794. The van der Waals surface area contributed by atoms with E-state index in [0.29, 0.717) is 11.6 Å². The third-order valence-electron chi connectivity index (χ3n) is 6.77. The number of carbonyl (C=O) groups is 1. The molecule has 1 fully saturated rings. The van der Waals surface area contributed by atoms with Gasteiger partial charge in [0.05, 0.1) is 5.56 Å². The molecule has 1 saturated heterocycles. The molecule has 0 spiro atoms. The molecule has 2 aliphatic rings. The Bertz CT molecular complexity index is 930. The molecule has 2 aromatic carbocycles. The van der Waals surface area contributed by atoms with Crippen LogP contribution < -0.4 is 9.80 Å². The summed E-state index contributed by atoms with van der Waals surface area (Å²) in [6.07, 6.45) is 0.986. The van der Waals surface area contributed by atoms with Gasteiger partial charge in [0.15, 0.2) is 0 Å². The maximum Gasteiger partial charge on any atom is 0.335 e. The molecule has 30 heavy (non-hydrogen) atoms. The molecule has 0 radical (unpaired) electrons. The molecule has 0 atom stereocenters. The fourth-order valence-corrected chi connectivity index (χ4v) is 4.72. The lowest BCUT2D eigenvalue weighted by Crippen LogP contribution is -2.48. The van der Waals surface area contributed by atoms with Crippen molar-refractivity contribution in [2.45, 2.75) is 45.6 Å². The van der Waals surface area contributed by atoms with Crippen molar-refractivity contribution in [3.05, 3.63) is 53.6 Å². The molecule has 2 aliphatic heterocycles. The highest BCUT2D eigenvalue weighted by molar-refractivity contribution is 5.89. The van der Waals surface area contributed by atoms with Gasteiger partial charge in [0, 0.05) is 55.8 Å². The summed E-state index contributed by atoms with van der Waals surface area (Å²) in [4.78, 5) is 18.9. The van der Waals surface area contributed by atoms with Gasteiger partial charge in [-0.1, -0.05) is 19.9 Å². The van der Waals surface area contributed by atoms with E-state index in [1.54, 1.807) is 6.07 Å². The molecule has 0 saturated carbocycles. The first kappa shape index (κ1) is 20.7. The van der Waals surface area contributed by atoms with Gasteiger partial charge in [-0.15, -0.1) is 0 Å². The predicted molar refractivity (Wildman–Crippen MR) is 123 cm³/mol. The number of aromatic carboxylic acids is 1. The van der Waals surface area contributed by atoms with E-state index in [-0.39, 0.29) is 5.41 Å². The smallest absolute Gasteiger partial charge is 0.335 e. The van der Waals surface area contributed by atoms with E-state index in [1.165, 1.54) is 11.4 Å². The molecule has 0 aliphatic carbocycles. The highest BCUT2D eigenvalue weighted by atomic mass is 16.4. The maximum absolute atomic E-state index is 11.5. The van der Waals surface area contributed by atoms with Crippen molar-refractivity contribution in [2.24, 2.45) is 0 Å². The van der Waals surface area contributed by atoms with Crippen LogP contribution in [0.25, 0.3) is 0 Å². The number of fused-ring (bicyclic) bond motifs is 1. The zero-order valence-corrected chi connectivity index (χ0v) is 18.6. The highest BCUT2D eigenvalue weighted by Gasteiger charge is 2.32. The van der Waals surface area contributed by atoms with Crippen LogP contribution in [0.1, 0.15) is 50.0 Å². The van der Waals surface area contributed by atoms with Crippen molar-refractivity contribution in [1.82, 2.24) is 4.90 Å². The Labute approximate surface area is 179 Å². The van der Waals surface area contributed by atoms with Crippen LogP contribution in [0.3, 0.4) is 0 Å². The molecule has 2 aromatic rings. The van der Waals surface area contributed by atoms with Gasteiger partial charge in [0.1, 0.15) is 0 Å². The minimum absolute atomic E-state index is 0.0396. The number of carboxylic acid groups (broad SMARTS) is 1. The number of anilines is 3. The summed E-state index contributed by atoms with van der Waals surface area (Å²) in [5.74, 6) is -0.867. The van der Waals surface area contributed by atoms with Crippen LogP contribution >= 0.6 is 0 Å². The normalized spacial score (nSPS) is 19.1. The summed E-state index contributed by atoms with van der Waals surface area (Å²) >= 11 is 0. The summed E-state index contributed by atoms with van der Waals surface area (Å²) in [6.45, 7) is 14.2. The van der Waals surface area contributed by atoms with E-state index < -0.39 is 5.97 Å². The monoisotopic (exact) mass is 407 g/mol. The van der Waals surface area contributed by atoms with Crippen LogP contribution in [0.2, 0.25) is 0 Å². The second kappa shape index (κ2) is 7.95. The fourth-order valence-electron chi connectivity index (χ4n) is 4.72. The molecular formula is C25H33N3O2. The Morgan fingerprint density at radius 2 is 1.67 bits per heavy atom. The number of hydrogen-bond acceptors (Lipinski definition) is 4. The number of carboxylic acids is 1. The first-order chi connectivity index (χ1) is 14.3. The third kappa shape index (κ3) is 3.91. The van der Waals surface area contributed by atoms with Gasteiger partial charge in [-0.3, -0.25) is 4.90 Å².